The summed E-state index contributed by atoms with van der Waals surface area (Å²) < 4.78 is 0. The molecule has 0 aliphatic heterocycles. The first-order valence-corrected chi connectivity index (χ1v) is 37.6. The Balaban J connectivity index is 3.55. The van der Waals surface area contributed by atoms with E-state index in [1.54, 1.807) is 83.1 Å². The molecule has 14 atom stereocenters. The molecular formula is C73H131N17O16. The predicted octanol–water partition coefficient (Wildman–Crippen LogP) is -0.813. The topological polar surface area (TPSA) is 557 Å². The summed E-state index contributed by atoms with van der Waals surface area (Å²) in [4.78, 5) is 182. The number of carbonyl (C=O) groups excluding carboxylic acids is 12. The third-order valence-corrected chi connectivity index (χ3v) is 17.6. The first-order valence-electron chi connectivity index (χ1n) is 37.6. The lowest BCUT2D eigenvalue weighted by Crippen LogP contribution is -2.62. The molecule has 1 rings (SSSR count). The summed E-state index contributed by atoms with van der Waals surface area (Å²) in [5.41, 5.74) is 29.6. The Morgan fingerprint density at radius 1 is 0.330 bits per heavy atom. The maximum atomic E-state index is 14.5. The van der Waals surface area contributed by atoms with Crippen LogP contribution in [-0.4, -0.2) is 203 Å². The minimum atomic E-state index is -1.78. The molecule has 0 bridgehead atoms. The van der Waals surface area contributed by atoms with E-state index in [4.69, 9.17) is 28.7 Å². The van der Waals surface area contributed by atoms with Gasteiger partial charge in [-0.3, -0.25) is 57.5 Å². The van der Waals surface area contributed by atoms with Gasteiger partial charge in [0.2, 0.25) is 70.9 Å². The van der Waals surface area contributed by atoms with Gasteiger partial charge in [0, 0.05) is 6.42 Å². The van der Waals surface area contributed by atoms with E-state index >= 15 is 0 Å². The van der Waals surface area contributed by atoms with Gasteiger partial charge in [-0.2, -0.15) is 0 Å². The van der Waals surface area contributed by atoms with Crippen LogP contribution in [0.25, 0.3) is 0 Å². The van der Waals surface area contributed by atoms with Gasteiger partial charge in [-0.1, -0.05) is 102 Å². The normalized spacial score (nSPS) is 15.5. The second kappa shape index (κ2) is 50.4. The maximum Gasteiger partial charge on any atom is 0.326 e. The fraction of sp³-hybridized carbons (Fsp3) is 0.740. The number of amides is 12. The highest BCUT2D eigenvalue weighted by Crippen LogP contribution is 2.18. The number of nitrogens with one attached hydrogen (secondary N) is 12. The largest absolute Gasteiger partial charge is 0.508 e. The van der Waals surface area contributed by atoms with Crippen molar-refractivity contribution in [2.45, 2.75) is 284 Å². The van der Waals surface area contributed by atoms with Crippen molar-refractivity contribution in [2.24, 2.45) is 64.2 Å². The number of aliphatic carboxylic acids is 1. The van der Waals surface area contributed by atoms with Gasteiger partial charge >= 0.3 is 5.97 Å². The van der Waals surface area contributed by atoms with Crippen molar-refractivity contribution in [2.75, 3.05) is 26.2 Å². The molecule has 33 nitrogen and oxygen atoms in total. The Morgan fingerprint density at radius 3 is 0.972 bits per heavy atom. The van der Waals surface area contributed by atoms with Crippen LogP contribution in [0.5, 0.6) is 5.75 Å². The first-order chi connectivity index (χ1) is 49.7. The van der Waals surface area contributed by atoms with Crippen molar-refractivity contribution in [1.82, 2.24) is 63.8 Å². The van der Waals surface area contributed by atoms with Crippen LogP contribution in [0.15, 0.2) is 24.3 Å². The summed E-state index contributed by atoms with van der Waals surface area (Å²) in [7, 11) is 0. The summed E-state index contributed by atoms with van der Waals surface area (Å²) in [6.45, 7) is 24.3. The molecular weight excluding hydrogens is 1370 g/mol. The summed E-state index contributed by atoms with van der Waals surface area (Å²) in [5, 5.41) is 62.8. The molecule has 0 spiro atoms. The van der Waals surface area contributed by atoms with Crippen LogP contribution < -0.4 is 92.5 Å². The Morgan fingerprint density at radius 2 is 0.613 bits per heavy atom. The number of rotatable bonds is 53. The number of phenolic OH excluding ortho intramolecular Hbond substituents is 1. The Kier molecular flexibility index (Phi) is 45.6. The van der Waals surface area contributed by atoms with E-state index in [1.807, 2.05) is 0 Å². The predicted molar refractivity (Wildman–Crippen MR) is 402 cm³/mol. The van der Waals surface area contributed by atoms with Crippen molar-refractivity contribution in [3.63, 3.8) is 0 Å². The lowest BCUT2D eigenvalue weighted by Gasteiger charge is -2.30. The SMILES string of the molecule is CC(C)C[C@H](NC(=O)[C@H](CC(C)C)NC(=O)[C@@H](NC(=O)[C@H](CCCCN)NC(=O)[C@H](CCCCN)NC(=O)[C@H](CCCCN)NC(=O)[C@@H](N)CCCCN)C(C)C)C(=O)N[C@@H](C)C(=O)N[C@H](C(=O)N[C@@H](Cc1ccc(O)cc1)C(=O)N[C@H](C(=O)N[C@@H](CC(C)C)C(=O)N[C@H](C(=O)O)C(C)C)C(C)C)[C@@H](C)O. The molecule has 604 valence electrons. The second-order valence-electron chi connectivity index (χ2n) is 29.9. The highest BCUT2D eigenvalue weighted by atomic mass is 16.4. The number of nitrogens with two attached hydrogens (primary N) is 5. The summed E-state index contributed by atoms with van der Waals surface area (Å²) >= 11 is 0. The summed E-state index contributed by atoms with van der Waals surface area (Å²) in [6.07, 6.45) is 2.99. The molecule has 0 saturated carbocycles. The van der Waals surface area contributed by atoms with Crippen molar-refractivity contribution in [3.05, 3.63) is 29.8 Å². The Hall–Kier alpha value is -8.11. The Bertz CT molecular complexity index is 2940. The summed E-state index contributed by atoms with van der Waals surface area (Å²) in [6, 6.07) is -11.3. The maximum absolute atomic E-state index is 14.5. The van der Waals surface area contributed by atoms with Gasteiger partial charge in [-0.25, -0.2) is 4.79 Å². The van der Waals surface area contributed by atoms with Crippen LogP contribution in [0.3, 0.4) is 0 Å². The molecule has 0 saturated heterocycles. The van der Waals surface area contributed by atoms with Crippen LogP contribution in [0, 0.1) is 35.5 Å². The van der Waals surface area contributed by atoms with Gasteiger partial charge in [0.15, 0.2) is 0 Å². The van der Waals surface area contributed by atoms with E-state index in [-0.39, 0.29) is 81.5 Å². The number of phenols is 1. The first kappa shape index (κ1) is 95.9. The van der Waals surface area contributed by atoms with E-state index in [2.05, 4.69) is 63.8 Å². The molecule has 0 heterocycles. The number of hydrogen-bond acceptors (Lipinski definition) is 20. The lowest BCUT2D eigenvalue weighted by atomic mass is 9.98. The number of carboxylic acid groups (broad SMARTS) is 1. The van der Waals surface area contributed by atoms with Crippen molar-refractivity contribution in [3.8, 4) is 5.75 Å². The van der Waals surface area contributed by atoms with Gasteiger partial charge in [0.1, 0.15) is 78.3 Å². The fourth-order valence-corrected chi connectivity index (χ4v) is 11.4. The highest BCUT2D eigenvalue weighted by molar-refractivity contribution is 6.00. The van der Waals surface area contributed by atoms with E-state index in [9.17, 15) is 77.6 Å². The van der Waals surface area contributed by atoms with Gasteiger partial charge in [-0.05, 0) is 183 Å². The van der Waals surface area contributed by atoms with Crippen LogP contribution >= 0.6 is 0 Å². The third kappa shape index (κ3) is 36.5. The molecule has 1 aromatic carbocycles. The molecule has 106 heavy (non-hydrogen) atoms. The molecule has 0 aromatic heterocycles. The molecule has 0 unspecified atom stereocenters. The highest BCUT2D eigenvalue weighted by Gasteiger charge is 2.39. The third-order valence-electron chi connectivity index (χ3n) is 17.6. The lowest BCUT2D eigenvalue weighted by molar-refractivity contribution is -0.143. The van der Waals surface area contributed by atoms with Crippen LogP contribution in [0.1, 0.15) is 199 Å². The van der Waals surface area contributed by atoms with E-state index < -0.39 is 179 Å². The van der Waals surface area contributed by atoms with Gasteiger partial charge in [0.05, 0.1) is 12.1 Å². The van der Waals surface area contributed by atoms with Crippen molar-refractivity contribution >= 4 is 76.9 Å². The minimum Gasteiger partial charge on any atom is -0.508 e. The van der Waals surface area contributed by atoms with E-state index in [0.717, 1.165) is 0 Å². The zero-order valence-electron chi connectivity index (χ0n) is 65.0. The molecule has 0 aliphatic carbocycles. The van der Waals surface area contributed by atoms with Gasteiger partial charge in [-0.15, -0.1) is 0 Å². The number of aliphatic hydroxyl groups is 1. The average Bonchev–Trinajstić information content (AvgIpc) is 0.846. The van der Waals surface area contributed by atoms with Crippen molar-refractivity contribution < 1.29 is 77.6 Å². The van der Waals surface area contributed by atoms with Crippen LogP contribution in [0.4, 0.5) is 0 Å². The number of carboxylic acids is 1. The number of benzene rings is 1. The zero-order valence-corrected chi connectivity index (χ0v) is 65.0. The van der Waals surface area contributed by atoms with Crippen LogP contribution in [0.2, 0.25) is 0 Å². The summed E-state index contributed by atoms with van der Waals surface area (Å²) in [5.74, 6) is -13.4. The van der Waals surface area contributed by atoms with E-state index in [0.29, 0.717) is 76.4 Å². The Labute approximate surface area is 626 Å². The molecule has 0 radical (unpaired) electrons. The average molecular weight is 1500 g/mol. The molecule has 25 N–H and O–H groups in total. The quantitative estimate of drug-likeness (QED) is 0.0355. The molecule has 1 aromatic rings. The molecule has 12 amide bonds. The molecule has 0 fully saturated rings. The number of aromatic hydroxyl groups is 1. The number of unbranched alkanes of at least 4 members (excludes halogenated alkanes) is 4. The number of aliphatic hydroxyl groups excluding tert-OH is 1. The molecule has 33 heteroatoms. The monoisotopic (exact) mass is 1500 g/mol. The fourth-order valence-electron chi connectivity index (χ4n) is 11.4. The molecule has 0 aliphatic rings. The smallest absolute Gasteiger partial charge is 0.326 e. The van der Waals surface area contributed by atoms with Crippen molar-refractivity contribution in [1.29, 1.82) is 0 Å². The zero-order chi connectivity index (χ0) is 80.7. The van der Waals surface area contributed by atoms with E-state index in [1.165, 1.54) is 38.1 Å². The van der Waals surface area contributed by atoms with Gasteiger partial charge < -0.3 is 108 Å². The number of carbonyl (C=O) groups is 13. The van der Waals surface area contributed by atoms with Gasteiger partial charge in [0.25, 0.3) is 0 Å². The minimum absolute atomic E-state index is 0.0201. The second-order valence-corrected chi connectivity index (χ2v) is 29.9. The standard InChI is InChI=1S/C73H131N17O16/c1-39(2)35-53(66(98)79-45(13)61(93)90-60(46(14)91)72(104)86-56(38-47-27-29-48(92)30-28-47)69(101)88-58(43(9)10)71(103)85-55(37-41(5)6)68(100)89-59(44(11)12)73(105)106)83-67(99)54(36-40(3)4)84-70(102)57(42(7)8)87-65(97)52(26-18-22-34-77)82-64(96)51(25-17-21-33-76)81-63(95)50(24-16-20-32-75)80-62(94)49(78)23-15-19-31-74/h27-30,39-46,49-60,91-92H,15-26,31-38,74-78H2,1-14H3,(H,79,98)(H,80,94)(H,81,95)(H,82,96)(H,83,99)(H,84,102)(H,85,103)(H,86,104)(H,87,97)(H,88,101)(H,89,100)(H,90,93)(H,105,106)/t45-,46+,49-,50-,51-,52-,53-,54-,55-,56-,57-,58-,59-,60-/m0/s1. The number of hydrogen-bond donors (Lipinski definition) is 20. The van der Waals surface area contributed by atoms with Crippen LogP contribution in [-0.2, 0) is 68.7 Å².